The summed E-state index contributed by atoms with van der Waals surface area (Å²) in [5.41, 5.74) is 3.89. The normalized spacial score (nSPS) is 10.7. The molecule has 2 amide bonds. The summed E-state index contributed by atoms with van der Waals surface area (Å²) in [6.45, 7) is 1.83. The van der Waals surface area contributed by atoms with Gasteiger partial charge in [0.1, 0.15) is 0 Å². The summed E-state index contributed by atoms with van der Waals surface area (Å²) in [5.74, 6) is -1.80. The highest BCUT2D eigenvalue weighted by Gasteiger charge is 2.13. The van der Waals surface area contributed by atoms with Gasteiger partial charge in [-0.3, -0.25) is 9.59 Å². The predicted molar refractivity (Wildman–Crippen MR) is 97.0 cm³/mol. The van der Waals surface area contributed by atoms with Gasteiger partial charge in [0.05, 0.1) is 16.3 Å². The van der Waals surface area contributed by atoms with Crippen LogP contribution in [0.1, 0.15) is 11.1 Å². The summed E-state index contributed by atoms with van der Waals surface area (Å²) in [5, 5.41) is 7.26. The molecule has 0 radical (unpaired) electrons. The summed E-state index contributed by atoms with van der Waals surface area (Å²) >= 11 is 17.8. The SMILES string of the molecule is Cc1ccc(NC(=O)C(=O)N/N=C\c2cccc(Cl)c2Cl)cc1Cl. The van der Waals surface area contributed by atoms with Gasteiger partial charge in [-0.2, -0.15) is 5.10 Å². The number of rotatable bonds is 3. The third kappa shape index (κ3) is 4.71. The predicted octanol–water partition coefficient (Wildman–Crippen LogP) is 4.04. The van der Waals surface area contributed by atoms with E-state index in [9.17, 15) is 9.59 Å². The van der Waals surface area contributed by atoms with Crippen molar-refractivity contribution < 1.29 is 9.59 Å². The molecule has 8 heteroatoms. The van der Waals surface area contributed by atoms with E-state index < -0.39 is 11.8 Å². The molecule has 24 heavy (non-hydrogen) atoms. The van der Waals surface area contributed by atoms with Gasteiger partial charge in [0, 0.05) is 16.3 Å². The Morgan fingerprint density at radius 3 is 2.50 bits per heavy atom. The van der Waals surface area contributed by atoms with E-state index in [1.807, 2.05) is 6.92 Å². The second kappa shape index (κ2) is 8.15. The van der Waals surface area contributed by atoms with Crippen LogP contribution in [0.3, 0.4) is 0 Å². The topological polar surface area (TPSA) is 70.6 Å². The summed E-state index contributed by atoms with van der Waals surface area (Å²) in [4.78, 5) is 23.5. The monoisotopic (exact) mass is 383 g/mol. The van der Waals surface area contributed by atoms with Gasteiger partial charge in [-0.15, -0.1) is 0 Å². The van der Waals surface area contributed by atoms with Crippen LogP contribution >= 0.6 is 34.8 Å². The lowest BCUT2D eigenvalue weighted by Gasteiger charge is -2.05. The Balaban J connectivity index is 1.96. The summed E-state index contributed by atoms with van der Waals surface area (Å²) in [6.07, 6.45) is 1.29. The molecule has 2 N–H and O–H groups in total. The first-order valence-corrected chi connectivity index (χ1v) is 7.86. The van der Waals surface area contributed by atoms with Crippen LogP contribution in [-0.4, -0.2) is 18.0 Å². The molecule has 0 fully saturated rings. The molecule has 0 bridgehead atoms. The van der Waals surface area contributed by atoms with Gasteiger partial charge < -0.3 is 5.32 Å². The molecule has 0 aliphatic rings. The Bertz CT molecular complexity index is 822. The summed E-state index contributed by atoms with van der Waals surface area (Å²) < 4.78 is 0. The van der Waals surface area contributed by atoms with E-state index in [4.69, 9.17) is 34.8 Å². The molecule has 0 saturated carbocycles. The van der Waals surface area contributed by atoms with Crippen LogP contribution in [-0.2, 0) is 9.59 Å². The lowest BCUT2D eigenvalue weighted by molar-refractivity contribution is -0.136. The largest absolute Gasteiger partial charge is 0.329 e. The molecule has 2 aromatic carbocycles. The zero-order valence-corrected chi connectivity index (χ0v) is 14.7. The maximum atomic E-state index is 11.8. The van der Waals surface area contributed by atoms with E-state index in [0.29, 0.717) is 26.3 Å². The smallest absolute Gasteiger partial charge is 0.318 e. The summed E-state index contributed by atoms with van der Waals surface area (Å²) in [6, 6.07) is 9.90. The maximum absolute atomic E-state index is 11.8. The van der Waals surface area contributed by atoms with Gasteiger partial charge in [-0.25, -0.2) is 5.43 Å². The van der Waals surface area contributed by atoms with Crippen molar-refractivity contribution in [3.8, 4) is 0 Å². The van der Waals surface area contributed by atoms with Crippen LogP contribution in [0.15, 0.2) is 41.5 Å². The van der Waals surface area contributed by atoms with Gasteiger partial charge in [0.15, 0.2) is 0 Å². The van der Waals surface area contributed by atoms with Gasteiger partial charge >= 0.3 is 11.8 Å². The molecule has 0 atom stereocenters. The molecule has 0 spiro atoms. The highest BCUT2D eigenvalue weighted by atomic mass is 35.5. The lowest BCUT2D eigenvalue weighted by Crippen LogP contribution is -2.32. The average molecular weight is 385 g/mol. The van der Waals surface area contributed by atoms with E-state index in [1.54, 1.807) is 36.4 Å². The Kier molecular flexibility index (Phi) is 6.20. The number of hydrogen-bond acceptors (Lipinski definition) is 3. The van der Waals surface area contributed by atoms with Crippen molar-refractivity contribution in [1.29, 1.82) is 0 Å². The van der Waals surface area contributed by atoms with Gasteiger partial charge in [-0.05, 0) is 30.7 Å². The lowest BCUT2D eigenvalue weighted by atomic mass is 10.2. The molecule has 124 valence electrons. The van der Waals surface area contributed by atoms with Gasteiger partial charge in [0.25, 0.3) is 0 Å². The first kappa shape index (κ1) is 18.3. The number of halogens is 3. The number of carbonyl (C=O) groups is 2. The fourth-order valence-corrected chi connectivity index (χ4v) is 2.23. The molecule has 0 aromatic heterocycles. The molecule has 2 aromatic rings. The van der Waals surface area contributed by atoms with Crippen molar-refractivity contribution in [2.75, 3.05) is 5.32 Å². The van der Waals surface area contributed by atoms with E-state index >= 15 is 0 Å². The molecule has 0 saturated heterocycles. The van der Waals surface area contributed by atoms with E-state index in [-0.39, 0.29) is 0 Å². The number of nitrogens with one attached hydrogen (secondary N) is 2. The van der Waals surface area contributed by atoms with Crippen molar-refractivity contribution in [3.05, 3.63) is 62.6 Å². The number of benzene rings is 2. The molecule has 0 aliphatic carbocycles. The van der Waals surface area contributed by atoms with E-state index in [1.165, 1.54) is 6.21 Å². The Morgan fingerprint density at radius 2 is 1.79 bits per heavy atom. The standard InChI is InChI=1S/C16H12Cl3N3O2/c1-9-5-6-11(7-13(9)18)21-15(23)16(24)22-20-8-10-3-2-4-12(17)14(10)19/h2-8H,1H3,(H,21,23)(H,22,24)/b20-8-. The van der Waals surface area contributed by atoms with Crippen molar-refractivity contribution in [3.63, 3.8) is 0 Å². The van der Waals surface area contributed by atoms with Crippen molar-refractivity contribution in [1.82, 2.24) is 5.43 Å². The second-order valence-electron chi connectivity index (χ2n) is 4.76. The van der Waals surface area contributed by atoms with Crippen LogP contribution < -0.4 is 10.7 Å². The zero-order chi connectivity index (χ0) is 17.7. The van der Waals surface area contributed by atoms with Gasteiger partial charge in [0.2, 0.25) is 0 Å². The molecule has 2 rings (SSSR count). The van der Waals surface area contributed by atoms with E-state index in [2.05, 4.69) is 15.8 Å². The van der Waals surface area contributed by atoms with Crippen molar-refractivity contribution >= 4 is 58.5 Å². The average Bonchev–Trinajstić information content (AvgIpc) is 2.54. The van der Waals surface area contributed by atoms with Crippen LogP contribution in [0.25, 0.3) is 0 Å². The van der Waals surface area contributed by atoms with E-state index in [0.717, 1.165) is 5.56 Å². The van der Waals surface area contributed by atoms with Crippen molar-refractivity contribution in [2.45, 2.75) is 6.92 Å². The first-order chi connectivity index (χ1) is 11.4. The van der Waals surface area contributed by atoms with Crippen molar-refractivity contribution in [2.24, 2.45) is 5.10 Å². The number of carbonyl (C=O) groups excluding carboxylic acids is 2. The summed E-state index contributed by atoms with van der Waals surface area (Å²) in [7, 11) is 0. The zero-order valence-electron chi connectivity index (χ0n) is 12.4. The maximum Gasteiger partial charge on any atom is 0.329 e. The highest BCUT2D eigenvalue weighted by Crippen LogP contribution is 2.24. The Labute approximate surface area is 153 Å². The fraction of sp³-hybridized carbons (Fsp3) is 0.0625. The third-order valence-corrected chi connectivity index (χ3v) is 4.23. The minimum Gasteiger partial charge on any atom is -0.318 e. The first-order valence-electron chi connectivity index (χ1n) is 6.73. The van der Waals surface area contributed by atoms with Gasteiger partial charge in [-0.1, -0.05) is 53.0 Å². The van der Waals surface area contributed by atoms with Crippen LogP contribution in [0.2, 0.25) is 15.1 Å². The number of amides is 2. The minimum atomic E-state index is -0.930. The Morgan fingerprint density at radius 1 is 1.04 bits per heavy atom. The van der Waals surface area contributed by atoms with Crippen LogP contribution in [0, 0.1) is 6.92 Å². The second-order valence-corrected chi connectivity index (χ2v) is 5.95. The molecule has 0 heterocycles. The molecular formula is C16H12Cl3N3O2. The number of anilines is 1. The number of nitrogens with zero attached hydrogens (tertiary/aromatic N) is 1. The third-order valence-electron chi connectivity index (χ3n) is 2.99. The fourth-order valence-electron chi connectivity index (χ4n) is 1.69. The van der Waals surface area contributed by atoms with Crippen LogP contribution in [0.5, 0.6) is 0 Å². The number of aryl methyl sites for hydroxylation is 1. The minimum absolute atomic E-state index is 0.302. The molecular weight excluding hydrogens is 373 g/mol. The molecule has 0 unspecified atom stereocenters. The van der Waals surface area contributed by atoms with Crippen LogP contribution in [0.4, 0.5) is 5.69 Å². The number of hydrazone groups is 1. The highest BCUT2D eigenvalue weighted by molar-refractivity contribution is 6.43. The number of hydrogen-bond donors (Lipinski definition) is 2. The Hall–Kier alpha value is -2.08. The molecule has 5 nitrogen and oxygen atoms in total. The molecule has 0 aliphatic heterocycles. The quantitative estimate of drug-likeness (QED) is 0.476.